The molecule has 24 heavy (non-hydrogen) atoms. The summed E-state index contributed by atoms with van der Waals surface area (Å²) in [6, 6.07) is 0.814. The van der Waals surface area contributed by atoms with Crippen LogP contribution in [-0.4, -0.2) is 59.0 Å². The van der Waals surface area contributed by atoms with Crippen LogP contribution in [0, 0.1) is 0 Å². The number of rotatable bonds is 4. The Bertz CT molecular complexity index is 574. The van der Waals surface area contributed by atoms with Crippen molar-refractivity contribution >= 4 is 17.2 Å². The number of nitrogens with zero attached hydrogens (tertiary/aromatic N) is 3. The number of thiazole rings is 1. The summed E-state index contributed by atoms with van der Waals surface area (Å²) < 4.78 is 6.20. The summed E-state index contributed by atoms with van der Waals surface area (Å²) in [4.78, 5) is 22.5. The number of carbonyl (C=O) groups is 1. The fourth-order valence-corrected chi connectivity index (χ4v) is 4.95. The molecule has 0 aromatic carbocycles. The molecule has 0 bridgehead atoms. The molecule has 0 spiro atoms. The Kier molecular flexibility index (Phi) is 4.77. The van der Waals surface area contributed by atoms with E-state index in [1.807, 2.05) is 11.8 Å². The van der Waals surface area contributed by atoms with E-state index in [1.54, 1.807) is 11.3 Å². The SMILES string of the molecule is CCC(=O)N1CCc2nc(OC3CCN(C4CCC4)C3)sc2CC1. The van der Waals surface area contributed by atoms with E-state index in [4.69, 9.17) is 9.72 Å². The van der Waals surface area contributed by atoms with Crippen molar-refractivity contribution < 1.29 is 9.53 Å². The molecular weight excluding hydrogens is 322 g/mol. The van der Waals surface area contributed by atoms with Gasteiger partial charge in [-0.2, -0.15) is 0 Å². The molecule has 1 saturated heterocycles. The molecule has 1 saturated carbocycles. The molecule has 132 valence electrons. The van der Waals surface area contributed by atoms with Crippen LogP contribution >= 0.6 is 11.3 Å². The summed E-state index contributed by atoms with van der Waals surface area (Å²) in [7, 11) is 0. The van der Waals surface area contributed by atoms with E-state index in [-0.39, 0.29) is 5.91 Å². The Morgan fingerprint density at radius 3 is 2.83 bits per heavy atom. The van der Waals surface area contributed by atoms with Gasteiger partial charge in [0.2, 0.25) is 5.91 Å². The Hall–Kier alpha value is -1.14. The van der Waals surface area contributed by atoms with E-state index in [0.29, 0.717) is 12.5 Å². The van der Waals surface area contributed by atoms with Gasteiger partial charge in [0.1, 0.15) is 6.10 Å². The summed E-state index contributed by atoms with van der Waals surface area (Å²) >= 11 is 1.70. The van der Waals surface area contributed by atoms with Gasteiger partial charge in [-0.05, 0) is 19.3 Å². The second-order valence-electron chi connectivity index (χ2n) is 7.19. The second-order valence-corrected chi connectivity index (χ2v) is 8.24. The average molecular weight is 350 g/mol. The van der Waals surface area contributed by atoms with Crippen LogP contribution in [0.15, 0.2) is 0 Å². The summed E-state index contributed by atoms with van der Waals surface area (Å²) in [5.41, 5.74) is 1.15. The lowest BCUT2D eigenvalue weighted by Crippen LogP contribution is -2.39. The minimum Gasteiger partial charge on any atom is -0.465 e. The molecule has 3 heterocycles. The monoisotopic (exact) mass is 349 g/mol. The zero-order valence-electron chi connectivity index (χ0n) is 14.5. The van der Waals surface area contributed by atoms with Crippen molar-refractivity contribution in [3.05, 3.63) is 10.6 Å². The first kappa shape index (κ1) is 16.3. The zero-order valence-corrected chi connectivity index (χ0v) is 15.3. The first-order valence-corrected chi connectivity index (χ1v) is 10.2. The standard InChI is InChI=1S/C18H27N3O2S/c1-2-17(22)20-10-7-15-16(8-11-20)24-18(19-15)23-14-6-9-21(12-14)13-4-3-5-13/h13-14H,2-12H2,1H3. The number of ether oxygens (including phenoxy) is 1. The van der Waals surface area contributed by atoms with Crippen LogP contribution in [-0.2, 0) is 17.6 Å². The summed E-state index contributed by atoms with van der Waals surface area (Å²) in [6.07, 6.45) is 7.92. The number of likely N-dealkylation sites (tertiary alicyclic amines) is 1. The van der Waals surface area contributed by atoms with Crippen LogP contribution in [0.2, 0.25) is 0 Å². The van der Waals surface area contributed by atoms with Crippen molar-refractivity contribution in [3.8, 4) is 5.19 Å². The maximum absolute atomic E-state index is 11.9. The van der Waals surface area contributed by atoms with E-state index >= 15 is 0 Å². The molecule has 4 rings (SSSR count). The van der Waals surface area contributed by atoms with Crippen molar-refractivity contribution in [2.75, 3.05) is 26.2 Å². The topological polar surface area (TPSA) is 45.7 Å². The minimum atomic E-state index is 0.253. The molecule has 1 aromatic rings. The quantitative estimate of drug-likeness (QED) is 0.838. The third-order valence-electron chi connectivity index (χ3n) is 5.68. The average Bonchev–Trinajstić information content (AvgIpc) is 3.08. The number of hydrogen-bond donors (Lipinski definition) is 0. The molecular formula is C18H27N3O2S. The van der Waals surface area contributed by atoms with E-state index < -0.39 is 0 Å². The summed E-state index contributed by atoms with van der Waals surface area (Å²) in [5.74, 6) is 0.253. The van der Waals surface area contributed by atoms with Gasteiger partial charge in [0, 0.05) is 56.4 Å². The molecule has 1 atom stereocenters. The first-order chi connectivity index (χ1) is 11.7. The molecule has 1 unspecified atom stereocenters. The fourth-order valence-electron chi connectivity index (χ4n) is 3.94. The number of carbonyl (C=O) groups excluding carboxylic acids is 1. The van der Waals surface area contributed by atoms with Gasteiger partial charge in [-0.15, -0.1) is 0 Å². The highest BCUT2D eigenvalue weighted by Crippen LogP contribution is 2.32. The molecule has 0 radical (unpaired) electrons. The van der Waals surface area contributed by atoms with Gasteiger partial charge in [0.05, 0.1) is 5.69 Å². The van der Waals surface area contributed by atoms with Crippen LogP contribution in [0.4, 0.5) is 0 Å². The van der Waals surface area contributed by atoms with Gasteiger partial charge in [0.15, 0.2) is 0 Å². The highest BCUT2D eigenvalue weighted by Gasteiger charge is 2.33. The predicted molar refractivity (Wildman–Crippen MR) is 94.6 cm³/mol. The Morgan fingerprint density at radius 1 is 1.25 bits per heavy atom. The minimum absolute atomic E-state index is 0.253. The second kappa shape index (κ2) is 7.00. The lowest BCUT2D eigenvalue weighted by molar-refractivity contribution is -0.130. The van der Waals surface area contributed by atoms with Crippen LogP contribution in [0.3, 0.4) is 0 Å². The molecule has 5 nitrogen and oxygen atoms in total. The third-order valence-corrected chi connectivity index (χ3v) is 6.72. The number of fused-ring (bicyclic) bond motifs is 1. The zero-order chi connectivity index (χ0) is 16.5. The molecule has 2 fully saturated rings. The smallest absolute Gasteiger partial charge is 0.273 e. The lowest BCUT2D eigenvalue weighted by atomic mass is 9.92. The van der Waals surface area contributed by atoms with Gasteiger partial charge in [0.25, 0.3) is 5.19 Å². The van der Waals surface area contributed by atoms with E-state index in [1.165, 1.54) is 30.7 Å². The molecule has 6 heteroatoms. The fraction of sp³-hybridized carbons (Fsp3) is 0.778. The van der Waals surface area contributed by atoms with E-state index in [0.717, 1.165) is 55.8 Å². The van der Waals surface area contributed by atoms with Crippen molar-refractivity contribution in [1.82, 2.24) is 14.8 Å². The van der Waals surface area contributed by atoms with Crippen molar-refractivity contribution in [3.63, 3.8) is 0 Å². The predicted octanol–water partition coefficient (Wildman–Crippen LogP) is 2.49. The highest BCUT2D eigenvalue weighted by atomic mass is 32.1. The third kappa shape index (κ3) is 3.31. The lowest BCUT2D eigenvalue weighted by Gasteiger charge is -2.34. The molecule has 1 aliphatic carbocycles. The molecule has 1 aromatic heterocycles. The van der Waals surface area contributed by atoms with Crippen molar-refractivity contribution in [1.29, 1.82) is 0 Å². The van der Waals surface area contributed by atoms with Gasteiger partial charge in [-0.25, -0.2) is 4.98 Å². The number of aromatic nitrogens is 1. The number of amides is 1. The Balaban J connectivity index is 1.33. The largest absolute Gasteiger partial charge is 0.465 e. The first-order valence-electron chi connectivity index (χ1n) is 9.40. The van der Waals surface area contributed by atoms with E-state index in [2.05, 4.69) is 4.90 Å². The Labute approximate surface area is 148 Å². The van der Waals surface area contributed by atoms with Crippen LogP contribution < -0.4 is 4.74 Å². The molecule has 2 aliphatic heterocycles. The molecule has 1 amide bonds. The van der Waals surface area contributed by atoms with Crippen LogP contribution in [0.1, 0.15) is 49.6 Å². The van der Waals surface area contributed by atoms with Gasteiger partial charge >= 0.3 is 0 Å². The molecule has 3 aliphatic rings. The normalized spacial score (nSPS) is 25.2. The Morgan fingerprint density at radius 2 is 2.08 bits per heavy atom. The maximum atomic E-state index is 11.9. The van der Waals surface area contributed by atoms with E-state index in [9.17, 15) is 4.79 Å². The van der Waals surface area contributed by atoms with Crippen molar-refractivity contribution in [2.45, 2.75) is 64.0 Å². The highest BCUT2D eigenvalue weighted by molar-refractivity contribution is 7.13. The van der Waals surface area contributed by atoms with Gasteiger partial charge < -0.3 is 9.64 Å². The number of hydrogen-bond acceptors (Lipinski definition) is 5. The summed E-state index contributed by atoms with van der Waals surface area (Å²) in [6.45, 7) is 5.78. The van der Waals surface area contributed by atoms with Gasteiger partial charge in [-0.3, -0.25) is 9.69 Å². The van der Waals surface area contributed by atoms with Crippen LogP contribution in [0.5, 0.6) is 5.19 Å². The van der Waals surface area contributed by atoms with Gasteiger partial charge in [-0.1, -0.05) is 24.7 Å². The summed E-state index contributed by atoms with van der Waals surface area (Å²) in [5, 5.41) is 0.843. The maximum Gasteiger partial charge on any atom is 0.273 e. The van der Waals surface area contributed by atoms with Crippen LogP contribution in [0.25, 0.3) is 0 Å². The molecule has 0 N–H and O–H groups in total. The van der Waals surface area contributed by atoms with Crippen molar-refractivity contribution in [2.24, 2.45) is 0 Å².